The average Bonchev–Trinajstić information content (AvgIpc) is 3.55. The van der Waals surface area contributed by atoms with Crippen LogP contribution < -0.4 is 20.3 Å². The molecule has 0 aliphatic carbocycles. The molecule has 0 saturated carbocycles. The molecule has 1 saturated heterocycles. The van der Waals surface area contributed by atoms with Crippen LogP contribution in [-0.4, -0.2) is 27.7 Å². The quantitative estimate of drug-likeness (QED) is 0.267. The van der Waals surface area contributed by atoms with Crippen molar-refractivity contribution in [2.24, 2.45) is 0 Å². The summed E-state index contributed by atoms with van der Waals surface area (Å²) in [7, 11) is 1.55. The third-order valence-corrected chi connectivity index (χ3v) is 7.03. The van der Waals surface area contributed by atoms with Crippen molar-refractivity contribution in [1.82, 2.24) is 14.9 Å². The monoisotopic (exact) mass is 549 g/mol. The number of carbonyl (C=O) groups excluding carboxylic acids is 1. The third kappa shape index (κ3) is 4.82. The Morgan fingerprint density at radius 1 is 1.16 bits per heavy atom. The minimum atomic E-state index is -0.483. The van der Waals surface area contributed by atoms with Crippen LogP contribution >= 0.6 is 23.8 Å². The van der Waals surface area contributed by atoms with Gasteiger partial charge in [-0.3, -0.25) is 9.78 Å². The maximum atomic E-state index is 13.9. The van der Waals surface area contributed by atoms with Gasteiger partial charge in [-0.15, -0.1) is 0 Å². The number of rotatable bonds is 7. The number of amides is 1. The van der Waals surface area contributed by atoms with Gasteiger partial charge in [0.05, 0.1) is 29.6 Å². The smallest absolute Gasteiger partial charge is 0.224 e. The molecule has 2 aromatic heterocycles. The number of pyridine rings is 1. The normalized spacial score (nSPS) is 16.8. The maximum Gasteiger partial charge on any atom is 0.224 e. The molecule has 1 aliphatic heterocycles. The van der Waals surface area contributed by atoms with Crippen LogP contribution in [0.3, 0.4) is 0 Å². The number of methoxy groups -OCH3 is 1. The highest BCUT2D eigenvalue weighted by molar-refractivity contribution is 7.80. The van der Waals surface area contributed by atoms with E-state index >= 15 is 0 Å². The summed E-state index contributed by atoms with van der Waals surface area (Å²) in [4.78, 5) is 18.6. The van der Waals surface area contributed by atoms with E-state index in [0.29, 0.717) is 28.7 Å². The lowest BCUT2D eigenvalue weighted by Crippen LogP contribution is -2.30. The van der Waals surface area contributed by atoms with Crippen molar-refractivity contribution in [3.63, 3.8) is 0 Å². The van der Waals surface area contributed by atoms with Crippen LogP contribution in [-0.2, 0) is 4.79 Å². The molecule has 0 bridgehead atoms. The summed E-state index contributed by atoms with van der Waals surface area (Å²) in [6, 6.07) is 19.2. The van der Waals surface area contributed by atoms with E-state index in [-0.39, 0.29) is 23.0 Å². The summed E-state index contributed by atoms with van der Waals surface area (Å²) >= 11 is 12.0. The van der Waals surface area contributed by atoms with E-state index < -0.39 is 5.82 Å². The highest BCUT2D eigenvalue weighted by Crippen LogP contribution is 2.44. The second-order valence-corrected chi connectivity index (χ2v) is 9.48. The van der Waals surface area contributed by atoms with Gasteiger partial charge in [-0.1, -0.05) is 24.6 Å². The summed E-state index contributed by atoms with van der Waals surface area (Å²) in [5, 5.41) is 6.84. The fourth-order valence-electron chi connectivity index (χ4n) is 4.61. The van der Waals surface area contributed by atoms with Crippen molar-refractivity contribution in [3.8, 4) is 11.4 Å². The number of thiocarbonyl (C=S) groups is 1. The molecule has 1 amide bonds. The molecule has 1 fully saturated rings. The summed E-state index contributed by atoms with van der Waals surface area (Å²) in [5.74, 6) is -0.0886. The first kappa shape index (κ1) is 25.7. The molecule has 38 heavy (non-hydrogen) atoms. The highest BCUT2D eigenvalue weighted by atomic mass is 35.5. The highest BCUT2D eigenvalue weighted by Gasteiger charge is 2.42. The second-order valence-electron chi connectivity index (χ2n) is 8.68. The molecule has 2 N–H and O–H groups in total. The van der Waals surface area contributed by atoms with E-state index in [4.69, 9.17) is 28.6 Å². The lowest BCUT2D eigenvalue weighted by molar-refractivity contribution is -0.115. The summed E-state index contributed by atoms with van der Waals surface area (Å²) in [5.41, 5.74) is 3.75. The Hall–Kier alpha value is -3.95. The van der Waals surface area contributed by atoms with E-state index in [1.807, 2.05) is 58.1 Å². The first-order valence-corrected chi connectivity index (χ1v) is 12.8. The zero-order valence-electron chi connectivity index (χ0n) is 20.7. The molecule has 2 aromatic carbocycles. The van der Waals surface area contributed by atoms with E-state index in [1.165, 1.54) is 6.07 Å². The molecule has 0 spiro atoms. The van der Waals surface area contributed by atoms with Gasteiger partial charge in [-0.05, 0) is 66.8 Å². The maximum absolute atomic E-state index is 13.9. The van der Waals surface area contributed by atoms with E-state index in [2.05, 4.69) is 15.6 Å². The predicted octanol–water partition coefficient (Wildman–Crippen LogP) is 6.20. The van der Waals surface area contributed by atoms with Gasteiger partial charge < -0.3 is 24.8 Å². The number of ether oxygens (including phenoxy) is 1. The molecular weight excluding hydrogens is 525 g/mol. The first-order valence-electron chi connectivity index (χ1n) is 12.0. The van der Waals surface area contributed by atoms with E-state index in [9.17, 15) is 9.18 Å². The molecule has 2 atom stereocenters. The molecule has 5 rings (SSSR count). The van der Waals surface area contributed by atoms with E-state index in [1.54, 1.807) is 38.4 Å². The zero-order valence-corrected chi connectivity index (χ0v) is 22.3. The van der Waals surface area contributed by atoms with Gasteiger partial charge in [0.25, 0.3) is 0 Å². The lowest BCUT2D eigenvalue weighted by atomic mass is 10.0. The molecule has 0 unspecified atom stereocenters. The molecule has 1 aliphatic rings. The van der Waals surface area contributed by atoms with Gasteiger partial charge in [-0.2, -0.15) is 0 Å². The fourth-order valence-corrected chi connectivity index (χ4v) is 5.13. The average molecular weight is 550 g/mol. The van der Waals surface area contributed by atoms with Gasteiger partial charge >= 0.3 is 0 Å². The van der Waals surface area contributed by atoms with Crippen molar-refractivity contribution in [2.45, 2.75) is 25.4 Å². The van der Waals surface area contributed by atoms with Crippen molar-refractivity contribution < 1.29 is 13.9 Å². The number of hydrogen-bond acceptors (Lipinski definition) is 4. The number of benzene rings is 2. The van der Waals surface area contributed by atoms with Crippen molar-refractivity contribution in [1.29, 1.82) is 0 Å². The Morgan fingerprint density at radius 3 is 2.68 bits per heavy atom. The van der Waals surface area contributed by atoms with Gasteiger partial charge in [0.1, 0.15) is 17.6 Å². The van der Waals surface area contributed by atoms with Crippen LogP contribution in [0.15, 0.2) is 79.1 Å². The van der Waals surface area contributed by atoms with Gasteiger partial charge in [-0.25, -0.2) is 4.39 Å². The molecule has 4 aromatic rings. The van der Waals surface area contributed by atoms with Crippen LogP contribution in [0.2, 0.25) is 5.02 Å². The Labute approximate surface area is 230 Å². The first-order chi connectivity index (χ1) is 18.4. The van der Waals surface area contributed by atoms with Crippen molar-refractivity contribution in [2.75, 3.05) is 17.3 Å². The predicted molar refractivity (Wildman–Crippen MR) is 151 cm³/mol. The molecule has 0 radical (unpaired) electrons. The summed E-state index contributed by atoms with van der Waals surface area (Å²) in [6.07, 6.45) is 3.99. The van der Waals surface area contributed by atoms with E-state index in [0.717, 1.165) is 17.1 Å². The lowest BCUT2D eigenvalue weighted by Gasteiger charge is -2.29. The molecule has 3 heterocycles. The van der Waals surface area contributed by atoms with Gasteiger partial charge in [0, 0.05) is 41.9 Å². The Balaban J connectivity index is 1.63. The number of carbonyl (C=O) groups is 1. The van der Waals surface area contributed by atoms with Crippen LogP contribution in [0, 0.1) is 5.82 Å². The molecule has 194 valence electrons. The van der Waals surface area contributed by atoms with Gasteiger partial charge in [0.2, 0.25) is 5.91 Å². The Kier molecular flexibility index (Phi) is 7.31. The summed E-state index contributed by atoms with van der Waals surface area (Å²) in [6.45, 7) is 1.79. The number of aromatic nitrogens is 2. The van der Waals surface area contributed by atoms with Crippen LogP contribution in [0.1, 0.15) is 36.8 Å². The minimum absolute atomic E-state index is 0.0369. The number of hydrogen-bond donors (Lipinski definition) is 2. The molecule has 7 nitrogen and oxygen atoms in total. The topological polar surface area (TPSA) is 71.4 Å². The molecule has 10 heteroatoms. The SMILES string of the molecule is CCC(=O)Nc1ccc(N2C(=S)N[C@H](c3ccccn3)[C@@H]2c2cccn2-c2ccc(F)c(Cl)c2)cc1OC. The Morgan fingerprint density at radius 2 is 1.97 bits per heavy atom. The zero-order chi connectivity index (χ0) is 26.8. The number of nitrogens with one attached hydrogen (secondary N) is 2. The second kappa shape index (κ2) is 10.8. The van der Waals surface area contributed by atoms with Crippen molar-refractivity contribution >= 4 is 46.2 Å². The molecular formula is C28H25ClFN5O2S. The minimum Gasteiger partial charge on any atom is -0.494 e. The third-order valence-electron chi connectivity index (χ3n) is 6.42. The number of nitrogens with zero attached hydrogens (tertiary/aromatic N) is 3. The number of halogens is 2. The van der Waals surface area contributed by atoms with Gasteiger partial charge in [0.15, 0.2) is 5.11 Å². The Bertz CT molecular complexity index is 1500. The number of anilines is 2. The fraction of sp³-hybridized carbons (Fsp3) is 0.179. The van der Waals surface area contributed by atoms with Crippen LogP contribution in [0.5, 0.6) is 5.75 Å². The largest absolute Gasteiger partial charge is 0.494 e. The van der Waals surface area contributed by atoms with Crippen LogP contribution in [0.4, 0.5) is 15.8 Å². The summed E-state index contributed by atoms with van der Waals surface area (Å²) < 4.78 is 21.5. The van der Waals surface area contributed by atoms with Crippen LogP contribution in [0.25, 0.3) is 5.69 Å². The van der Waals surface area contributed by atoms with Crippen molar-refractivity contribution in [3.05, 3.63) is 101 Å². The standard InChI is InChI=1S/C28H25ClFN5O2S/c1-3-25(36)32-21-12-10-18(16-24(21)37-2)35-27(26(33-28(35)38)22-7-4-5-13-31-22)23-8-6-14-34(23)17-9-11-20(30)19(29)15-17/h4-16,26-27H,3H2,1-2H3,(H,32,36)(H,33,38)/t26-,27+/m1/s1.